The van der Waals surface area contributed by atoms with Crippen molar-refractivity contribution in [2.24, 2.45) is 11.3 Å². The first kappa shape index (κ1) is 26.3. The first-order valence-electron chi connectivity index (χ1n) is 11.6. The van der Waals surface area contributed by atoms with Crippen molar-refractivity contribution in [1.29, 1.82) is 0 Å². The Morgan fingerprint density at radius 3 is 1.88 bits per heavy atom. The number of carbonyl (C=O) groups excluding carboxylic acids is 3. The van der Waals surface area contributed by atoms with Gasteiger partial charge in [-0.3, -0.25) is 25.2 Å². The van der Waals surface area contributed by atoms with Crippen LogP contribution in [0.2, 0.25) is 0 Å². The van der Waals surface area contributed by atoms with E-state index in [2.05, 4.69) is 10.9 Å². The van der Waals surface area contributed by atoms with Gasteiger partial charge < -0.3 is 19.1 Å². The molecule has 1 aliphatic rings. The van der Waals surface area contributed by atoms with Crippen LogP contribution in [0.3, 0.4) is 0 Å². The van der Waals surface area contributed by atoms with Crippen molar-refractivity contribution in [3.63, 3.8) is 0 Å². The summed E-state index contributed by atoms with van der Waals surface area (Å²) in [5.74, 6) is 0.294. The summed E-state index contributed by atoms with van der Waals surface area (Å²) in [7, 11) is 0. The summed E-state index contributed by atoms with van der Waals surface area (Å²) in [6.45, 7) is 13.4. The molecule has 0 radical (unpaired) electrons. The van der Waals surface area contributed by atoms with E-state index in [0.29, 0.717) is 63.0 Å². The predicted octanol–water partition coefficient (Wildman–Crippen LogP) is 2.93. The summed E-state index contributed by atoms with van der Waals surface area (Å²) in [5, 5.41) is 0. The fourth-order valence-electron chi connectivity index (χ4n) is 3.63. The molecule has 2 rings (SSSR count). The minimum Gasteiger partial charge on any atom is -0.490 e. The largest absolute Gasteiger partial charge is 0.490 e. The van der Waals surface area contributed by atoms with E-state index in [0.717, 1.165) is 0 Å². The molecule has 3 amide bonds. The van der Waals surface area contributed by atoms with Crippen LogP contribution in [0.15, 0.2) is 12.1 Å². The third kappa shape index (κ3) is 7.00. The Hall–Kier alpha value is -2.97. The van der Waals surface area contributed by atoms with E-state index in [9.17, 15) is 14.4 Å². The average Bonchev–Trinajstić information content (AvgIpc) is 2.78. The Kier molecular flexibility index (Phi) is 9.37. The molecule has 0 aromatic heterocycles. The number of rotatable bonds is 8. The number of amides is 3. The average molecular weight is 464 g/mol. The molecule has 0 bridgehead atoms. The molecule has 33 heavy (non-hydrogen) atoms. The third-order valence-corrected chi connectivity index (χ3v) is 5.27. The molecule has 1 heterocycles. The van der Waals surface area contributed by atoms with Gasteiger partial charge in [0, 0.05) is 30.0 Å². The van der Waals surface area contributed by atoms with Crippen molar-refractivity contribution in [1.82, 2.24) is 15.8 Å². The zero-order chi connectivity index (χ0) is 24.6. The highest BCUT2D eigenvalue weighted by molar-refractivity contribution is 5.97. The van der Waals surface area contributed by atoms with Gasteiger partial charge >= 0.3 is 0 Å². The van der Waals surface area contributed by atoms with E-state index in [1.807, 2.05) is 41.5 Å². The Bertz CT molecular complexity index is 814. The van der Waals surface area contributed by atoms with Crippen molar-refractivity contribution in [3.8, 4) is 17.2 Å². The van der Waals surface area contributed by atoms with Crippen LogP contribution in [0, 0.1) is 11.3 Å². The summed E-state index contributed by atoms with van der Waals surface area (Å²) < 4.78 is 16.9. The van der Waals surface area contributed by atoms with Crippen LogP contribution in [-0.2, 0) is 9.59 Å². The van der Waals surface area contributed by atoms with Crippen LogP contribution in [0.4, 0.5) is 0 Å². The molecule has 0 saturated carbocycles. The summed E-state index contributed by atoms with van der Waals surface area (Å²) in [4.78, 5) is 39.5. The first-order chi connectivity index (χ1) is 15.6. The van der Waals surface area contributed by atoms with E-state index in [4.69, 9.17) is 14.2 Å². The quantitative estimate of drug-likeness (QED) is 0.574. The lowest BCUT2D eigenvalue weighted by atomic mass is 9.91. The maximum Gasteiger partial charge on any atom is 0.269 e. The van der Waals surface area contributed by atoms with Crippen molar-refractivity contribution in [2.75, 3.05) is 32.9 Å². The lowest BCUT2D eigenvalue weighted by molar-refractivity contribution is -0.142. The molecule has 184 valence electrons. The fourth-order valence-corrected chi connectivity index (χ4v) is 3.63. The summed E-state index contributed by atoms with van der Waals surface area (Å²) in [5.41, 5.74) is 4.82. The van der Waals surface area contributed by atoms with Crippen LogP contribution >= 0.6 is 0 Å². The van der Waals surface area contributed by atoms with Crippen LogP contribution < -0.4 is 25.1 Å². The van der Waals surface area contributed by atoms with Crippen molar-refractivity contribution in [2.45, 2.75) is 54.4 Å². The second-order valence-corrected chi connectivity index (χ2v) is 8.86. The molecule has 1 aromatic carbocycles. The van der Waals surface area contributed by atoms with Gasteiger partial charge in [0.15, 0.2) is 11.5 Å². The smallest absolute Gasteiger partial charge is 0.269 e. The van der Waals surface area contributed by atoms with Gasteiger partial charge in [-0.25, -0.2) is 0 Å². The van der Waals surface area contributed by atoms with Crippen molar-refractivity contribution >= 4 is 17.7 Å². The van der Waals surface area contributed by atoms with Gasteiger partial charge in [-0.15, -0.1) is 0 Å². The summed E-state index contributed by atoms with van der Waals surface area (Å²) >= 11 is 0. The number of likely N-dealkylation sites (tertiary alicyclic amines) is 1. The number of nitrogens with zero attached hydrogens (tertiary/aromatic N) is 1. The van der Waals surface area contributed by atoms with Gasteiger partial charge in [0.2, 0.25) is 17.6 Å². The Morgan fingerprint density at radius 2 is 1.42 bits per heavy atom. The maximum atomic E-state index is 12.7. The second-order valence-electron chi connectivity index (χ2n) is 8.86. The van der Waals surface area contributed by atoms with Gasteiger partial charge in [-0.05, 0) is 45.7 Å². The molecule has 0 aliphatic carbocycles. The van der Waals surface area contributed by atoms with Crippen LogP contribution in [0.1, 0.15) is 64.7 Å². The third-order valence-electron chi connectivity index (χ3n) is 5.27. The normalized spacial score (nSPS) is 14.4. The number of hydrazine groups is 1. The Labute approximate surface area is 196 Å². The second kappa shape index (κ2) is 11.8. The van der Waals surface area contributed by atoms with Gasteiger partial charge in [-0.2, -0.15) is 0 Å². The Balaban J connectivity index is 2.01. The molecule has 9 heteroatoms. The molecule has 0 spiro atoms. The highest BCUT2D eigenvalue weighted by atomic mass is 16.5. The molecule has 1 saturated heterocycles. The molecule has 0 atom stereocenters. The van der Waals surface area contributed by atoms with Crippen LogP contribution in [-0.4, -0.2) is 55.5 Å². The SMILES string of the molecule is CCOc1cc(C(=O)NNC(=O)C2CCN(C(=O)C(C)(C)C)CC2)cc(OCC)c1OCC. The predicted molar refractivity (Wildman–Crippen MR) is 124 cm³/mol. The molecule has 1 fully saturated rings. The van der Waals surface area contributed by atoms with Crippen LogP contribution in [0.5, 0.6) is 17.2 Å². The van der Waals surface area contributed by atoms with Crippen molar-refractivity contribution < 1.29 is 28.6 Å². The van der Waals surface area contributed by atoms with E-state index >= 15 is 0 Å². The minimum atomic E-state index is -0.492. The molecule has 9 nitrogen and oxygen atoms in total. The van der Waals surface area contributed by atoms with Crippen molar-refractivity contribution in [3.05, 3.63) is 17.7 Å². The zero-order valence-electron chi connectivity index (χ0n) is 20.6. The molecular formula is C24H37N3O6. The number of ether oxygens (including phenoxy) is 3. The number of benzene rings is 1. The topological polar surface area (TPSA) is 106 Å². The van der Waals surface area contributed by atoms with Gasteiger partial charge in [-0.1, -0.05) is 20.8 Å². The monoisotopic (exact) mass is 463 g/mol. The van der Waals surface area contributed by atoms with Gasteiger partial charge in [0.05, 0.1) is 19.8 Å². The highest BCUT2D eigenvalue weighted by Crippen LogP contribution is 2.39. The van der Waals surface area contributed by atoms with Crippen LogP contribution in [0.25, 0.3) is 0 Å². The molecular weight excluding hydrogens is 426 g/mol. The van der Waals surface area contributed by atoms with E-state index < -0.39 is 11.3 Å². The maximum absolute atomic E-state index is 12.7. The standard InChI is InChI=1S/C24H37N3O6/c1-7-31-18-14-17(15-19(32-8-2)20(18)33-9-3)22(29)26-25-21(28)16-10-12-27(13-11-16)23(30)24(4,5)6/h14-16H,7-13H2,1-6H3,(H,25,28)(H,26,29). The number of carbonyl (C=O) groups is 3. The summed E-state index contributed by atoms with van der Waals surface area (Å²) in [6.07, 6.45) is 1.10. The minimum absolute atomic E-state index is 0.0837. The van der Waals surface area contributed by atoms with Gasteiger partial charge in [0.1, 0.15) is 0 Å². The lowest BCUT2D eigenvalue weighted by Crippen LogP contribution is -2.49. The van der Waals surface area contributed by atoms with E-state index in [1.165, 1.54) is 0 Å². The summed E-state index contributed by atoms with van der Waals surface area (Å²) in [6, 6.07) is 3.13. The lowest BCUT2D eigenvalue weighted by Gasteiger charge is -2.35. The fraction of sp³-hybridized carbons (Fsp3) is 0.625. The number of nitrogens with one attached hydrogen (secondary N) is 2. The molecule has 1 aliphatic heterocycles. The Morgan fingerprint density at radius 1 is 0.909 bits per heavy atom. The number of piperidine rings is 1. The van der Waals surface area contributed by atoms with E-state index in [1.54, 1.807) is 17.0 Å². The highest BCUT2D eigenvalue weighted by Gasteiger charge is 2.32. The van der Waals surface area contributed by atoms with E-state index in [-0.39, 0.29) is 23.3 Å². The van der Waals surface area contributed by atoms with Gasteiger partial charge in [0.25, 0.3) is 5.91 Å². The number of hydrogen-bond acceptors (Lipinski definition) is 6. The first-order valence-corrected chi connectivity index (χ1v) is 11.6. The zero-order valence-corrected chi connectivity index (χ0v) is 20.6. The molecule has 1 aromatic rings. The molecule has 2 N–H and O–H groups in total. The number of hydrogen-bond donors (Lipinski definition) is 2. The molecule has 0 unspecified atom stereocenters.